The van der Waals surface area contributed by atoms with Crippen LogP contribution in [0.15, 0.2) is 47.1 Å². The van der Waals surface area contributed by atoms with Crippen LogP contribution >= 0.6 is 15.9 Å². The minimum absolute atomic E-state index is 0.987. The number of hydrogen-bond donors (Lipinski definition) is 0. The van der Waals surface area contributed by atoms with Crippen molar-refractivity contribution < 1.29 is 0 Å². The lowest BCUT2D eigenvalue weighted by Gasteiger charge is -1.94. The molecule has 0 aliphatic carbocycles. The number of rotatable bonds is 0. The molecule has 0 radical (unpaired) electrons. The van der Waals surface area contributed by atoms with Crippen molar-refractivity contribution in [3.05, 3.63) is 47.1 Å². The molecule has 0 aliphatic rings. The van der Waals surface area contributed by atoms with Crippen LogP contribution in [0.4, 0.5) is 0 Å². The van der Waals surface area contributed by atoms with E-state index in [4.69, 9.17) is 0 Å². The molecule has 3 heteroatoms. The van der Waals surface area contributed by atoms with Crippen LogP contribution in [0.2, 0.25) is 0 Å². The van der Waals surface area contributed by atoms with Gasteiger partial charge < -0.3 is 0 Å². The van der Waals surface area contributed by atoms with E-state index in [9.17, 15) is 0 Å². The molecule has 0 unspecified atom stereocenters. The summed E-state index contributed by atoms with van der Waals surface area (Å²) >= 11 is 3.46. The van der Waals surface area contributed by atoms with Crippen LogP contribution in [0, 0.1) is 0 Å². The largest absolute Gasteiger partial charge is 0.300 e. The van der Waals surface area contributed by atoms with E-state index in [1.807, 2.05) is 36.5 Å². The van der Waals surface area contributed by atoms with Crippen molar-refractivity contribution in [1.29, 1.82) is 0 Å². The second kappa shape index (κ2) is 2.82. The van der Waals surface area contributed by atoms with E-state index in [1.165, 1.54) is 0 Å². The summed E-state index contributed by atoms with van der Waals surface area (Å²) < 4.78 is 3.16. The number of hydrogen-bond acceptors (Lipinski definition) is 1. The first-order valence-corrected chi connectivity index (χ1v) is 5.16. The molecule has 0 saturated carbocycles. The molecule has 2 heterocycles. The highest BCUT2D eigenvalue weighted by Gasteiger charge is 2.02. The number of fused-ring (bicyclic) bond motifs is 3. The van der Waals surface area contributed by atoms with E-state index in [0.717, 1.165) is 21.2 Å². The third-order valence-electron chi connectivity index (χ3n) is 2.27. The summed E-state index contributed by atoms with van der Waals surface area (Å²) in [6.07, 6.45) is 2.02. The number of pyridine rings is 1. The monoisotopic (exact) mass is 246 g/mol. The fourth-order valence-electron chi connectivity index (χ4n) is 1.64. The van der Waals surface area contributed by atoms with Crippen LogP contribution in [0.25, 0.3) is 16.7 Å². The van der Waals surface area contributed by atoms with Gasteiger partial charge in [-0.3, -0.25) is 4.40 Å². The fraction of sp³-hybridized carbons (Fsp3) is 0. The van der Waals surface area contributed by atoms with Crippen molar-refractivity contribution in [2.45, 2.75) is 0 Å². The van der Waals surface area contributed by atoms with Gasteiger partial charge in [-0.2, -0.15) is 0 Å². The lowest BCUT2D eigenvalue weighted by Crippen LogP contribution is -1.81. The molecule has 3 rings (SSSR count). The Morgan fingerprint density at radius 1 is 1.14 bits per heavy atom. The summed E-state index contributed by atoms with van der Waals surface area (Å²) in [5.41, 5.74) is 3.15. The lowest BCUT2D eigenvalue weighted by atomic mass is 10.3. The summed E-state index contributed by atoms with van der Waals surface area (Å²) in [5.74, 6) is 0. The van der Waals surface area contributed by atoms with Crippen molar-refractivity contribution in [2.75, 3.05) is 0 Å². The molecule has 14 heavy (non-hydrogen) atoms. The van der Waals surface area contributed by atoms with Crippen LogP contribution in [-0.4, -0.2) is 9.38 Å². The van der Waals surface area contributed by atoms with Gasteiger partial charge >= 0.3 is 0 Å². The standard InChI is InChI=1S/C11H7BrN2/c12-8-4-5-9-10(7-8)14-6-2-1-3-11(14)13-9/h1-7H. The molecule has 1 aromatic carbocycles. The molecule has 2 aromatic heterocycles. The molecular formula is C11H7BrN2. The molecule has 0 fully saturated rings. The van der Waals surface area contributed by atoms with Crippen molar-refractivity contribution in [2.24, 2.45) is 0 Å². The Balaban J connectivity index is 2.58. The smallest absolute Gasteiger partial charge is 0.137 e. The molecule has 0 spiro atoms. The Bertz CT molecular complexity index is 613. The Labute approximate surface area is 89.3 Å². The zero-order chi connectivity index (χ0) is 9.54. The molecule has 0 atom stereocenters. The van der Waals surface area contributed by atoms with Crippen LogP contribution in [0.1, 0.15) is 0 Å². The van der Waals surface area contributed by atoms with E-state index in [1.54, 1.807) is 0 Å². The molecule has 0 aliphatic heterocycles. The number of aromatic nitrogens is 2. The van der Waals surface area contributed by atoms with Crippen LogP contribution in [-0.2, 0) is 0 Å². The Hall–Kier alpha value is -1.35. The third-order valence-corrected chi connectivity index (χ3v) is 2.76. The summed E-state index contributed by atoms with van der Waals surface area (Å²) in [6, 6.07) is 12.1. The summed E-state index contributed by atoms with van der Waals surface area (Å²) in [4.78, 5) is 4.50. The zero-order valence-electron chi connectivity index (χ0n) is 7.31. The van der Waals surface area contributed by atoms with Crippen molar-refractivity contribution >= 4 is 32.6 Å². The van der Waals surface area contributed by atoms with Crippen molar-refractivity contribution in [1.82, 2.24) is 9.38 Å². The van der Waals surface area contributed by atoms with E-state index >= 15 is 0 Å². The maximum Gasteiger partial charge on any atom is 0.137 e. The lowest BCUT2D eigenvalue weighted by molar-refractivity contribution is 1.23. The van der Waals surface area contributed by atoms with Gasteiger partial charge in [-0.05, 0) is 30.3 Å². The van der Waals surface area contributed by atoms with Gasteiger partial charge in [0.05, 0.1) is 11.0 Å². The minimum atomic E-state index is 0.987. The summed E-state index contributed by atoms with van der Waals surface area (Å²) in [7, 11) is 0. The summed E-state index contributed by atoms with van der Waals surface area (Å²) in [6.45, 7) is 0. The molecule has 0 bridgehead atoms. The quantitative estimate of drug-likeness (QED) is 0.596. The number of halogens is 1. The maximum absolute atomic E-state index is 4.50. The highest BCUT2D eigenvalue weighted by atomic mass is 79.9. The van der Waals surface area contributed by atoms with Gasteiger partial charge in [0.25, 0.3) is 0 Å². The molecular weight excluding hydrogens is 240 g/mol. The maximum atomic E-state index is 4.50. The van der Waals surface area contributed by atoms with Gasteiger partial charge in [0.1, 0.15) is 5.65 Å². The third kappa shape index (κ3) is 1.06. The van der Waals surface area contributed by atoms with Crippen LogP contribution < -0.4 is 0 Å². The van der Waals surface area contributed by atoms with E-state index in [-0.39, 0.29) is 0 Å². The molecule has 0 N–H and O–H groups in total. The Kier molecular flexibility index (Phi) is 1.61. The highest BCUT2D eigenvalue weighted by molar-refractivity contribution is 9.10. The predicted octanol–water partition coefficient (Wildman–Crippen LogP) is 3.25. The molecule has 68 valence electrons. The van der Waals surface area contributed by atoms with Crippen LogP contribution in [0.3, 0.4) is 0 Å². The van der Waals surface area contributed by atoms with Gasteiger partial charge in [0, 0.05) is 10.7 Å². The first-order chi connectivity index (χ1) is 6.84. The van der Waals surface area contributed by atoms with Crippen molar-refractivity contribution in [3.63, 3.8) is 0 Å². The normalized spacial score (nSPS) is 11.2. The average molecular weight is 247 g/mol. The summed E-state index contributed by atoms with van der Waals surface area (Å²) in [5, 5.41) is 0. The number of imidazole rings is 1. The number of nitrogens with zero attached hydrogens (tertiary/aromatic N) is 2. The minimum Gasteiger partial charge on any atom is -0.300 e. The van der Waals surface area contributed by atoms with Gasteiger partial charge in [-0.15, -0.1) is 0 Å². The van der Waals surface area contributed by atoms with Crippen LogP contribution in [0.5, 0.6) is 0 Å². The van der Waals surface area contributed by atoms with E-state index < -0.39 is 0 Å². The van der Waals surface area contributed by atoms with Gasteiger partial charge in [-0.25, -0.2) is 4.98 Å². The SMILES string of the molecule is Brc1ccc2nc3ccccn3c2c1. The van der Waals surface area contributed by atoms with Gasteiger partial charge in [0.2, 0.25) is 0 Å². The molecule has 0 amide bonds. The van der Waals surface area contributed by atoms with Gasteiger partial charge in [-0.1, -0.05) is 22.0 Å². The van der Waals surface area contributed by atoms with E-state index in [2.05, 4.69) is 31.4 Å². The fourth-order valence-corrected chi connectivity index (χ4v) is 1.99. The topological polar surface area (TPSA) is 17.3 Å². The Morgan fingerprint density at radius 3 is 3.00 bits per heavy atom. The molecule has 2 nitrogen and oxygen atoms in total. The average Bonchev–Trinajstić information content (AvgIpc) is 2.56. The van der Waals surface area contributed by atoms with Gasteiger partial charge in [0.15, 0.2) is 0 Å². The first kappa shape index (κ1) is 8.00. The molecule has 3 aromatic rings. The second-order valence-corrected chi connectivity index (χ2v) is 4.09. The predicted molar refractivity (Wildman–Crippen MR) is 60.4 cm³/mol. The highest BCUT2D eigenvalue weighted by Crippen LogP contribution is 2.20. The zero-order valence-corrected chi connectivity index (χ0v) is 8.90. The van der Waals surface area contributed by atoms with E-state index in [0.29, 0.717) is 0 Å². The molecule has 0 saturated heterocycles. The first-order valence-electron chi connectivity index (χ1n) is 4.37. The number of benzene rings is 1. The second-order valence-electron chi connectivity index (χ2n) is 3.17. The Morgan fingerprint density at radius 2 is 2.07 bits per heavy atom. The van der Waals surface area contributed by atoms with Crippen molar-refractivity contribution in [3.8, 4) is 0 Å².